The Bertz CT molecular complexity index is 564. The molecule has 2 fully saturated rings. The number of rotatable bonds is 5. The predicted molar refractivity (Wildman–Crippen MR) is 98.0 cm³/mol. The van der Waals surface area contributed by atoms with Crippen molar-refractivity contribution in [2.24, 2.45) is 5.41 Å². The first-order chi connectivity index (χ1) is 12.8. The molecule has 1 saturated carbocycles. The summed E-state index contributed by atoms with van der Waals surface area (Å²) >= 11 is 0. The molecule has 2 aliphatic rings. The van der Waals surface area contributed by atoms with E-state index in [1.54, 1.807) is 20.8 Å². The maximum Gasteiger partial charge on any atom is 0.187 e. The zero-order chi connectivity index (χ0) is 21.5. The molecule has 0 amide bonds. The van der Waals surface area contributed by atoms with E-state index in [1.165, 1.54) is 19.1 Å². The highest BCUT2D eigenvalue weighted by molar-refractivity contribution is 5.23. The fourth-order valence-electron chi connectivity index (χ4n) is 4.14. The summed E-state index contributed by atoms with van der Waals surface area (Å²) in [5.41, 5.74) is -4.23. The van der Waals surface area contributed by atoms with Crippen LogP contribution in [0, 0.1) is 5.41 Å². The van der Waals surface area contributed by atoms with Gasteiger partial charge in [0, 0.05) is 5.41 Å². The number of hydrogen-bond donors (Lipinski definition) is 7. The average molecular weight is 406 g/mol. The van der Waals surface area contributed by atoms with Gasteiger partial charge in [-0.25, -0.2) is 0 Å². The third-order valence-corrected chi connectivity index (χ3v) is 6.36. The molecule has 7 N–H and O–H groups in total. The van der Waals surface area contributed by atoms with Crippen LogP contribution >= 0.6 is 0 Å². The molecule has 0 bridgehead atoms. The minimum Gasteiger partial charge on any atom is -0.394 e. The van der Waals surface area contributed by atoms with E-state index < -0.39 is 66.1 Å². The van der Waals surface area contributed by atoms with E-state index in [9.17, 15) is 35.7 Å². The molecular formula is C19H34O9. The molecule has 28 heavy (non-hydrogen) atoms. The van der Waals surface area contributed by atoms with Crippen LogP contribution < -0.4 is 0 Å². The Hall–Kier alpha value is -0.620. The monoisotopic (exact) mass is 406 g/mol. The molecule has 1 aliphatic carbocycles. The maximum absolute atomic E-state index is 11.6. The first-order valence-electron chi connectivity index (χ1n) is 9.57. The van der Waals surface area contributed by atoms with Crippen LogP contribution in [-0.2, 0) is 9.47 Å². The summed E-state index contributed by atoms with van der Waals surface area (Å²) in [5.74, 6) is 0. The van der Waals surface area contributed by atoms with Crippen LogP contribution in [0.25, 0.3) is 0 Å². The molecule has 9 nitrogen and oxygen atoms in total. The Morgan fingerprint density at radius 2 is 1.71 bits per heavy atom. The summed E-state index contributed by atoms with van der Waals surface area (Å²) in [6.45, 7) is 5.84. The summed E-state index contributed by atoms with van der Waals surface area (Å²) in [5, 5.41) is 71.4. The lowest BCUT2D eigenvalue weighted by atomic mass is 9.56. The van der Waals surface area contributed by atoms with Crippen LogP contribution in [0.1, 0.15) is 40.5 Å². The molecule has 1 saturated heterocycles. The molecule has 9 atom stereocenters. The van der Waals surface area contributed by atoms with Crippen molar-refractivity contribution in [1.29, 1.82) is 0 Å². The van der Waals surface area contributed by atoms with Gasteiger partial charge in [-0.05, 0) is 26.7 Å². The first-order valence-corrected chi connectivity index (χ1v) is 9.57. The van der Waals surface area contributed by atoms with Gasteiger partial charge in [0.15, 0.2) is 6.29 Å². The second-order valence-corrected chi connectivity index (χ2v) is 8.69. The lowest BCUT2D eigenvalue weighted by Crippen LogP contribution is -2.70. The van der Waals surface area contributed by atoms with Gasteiger partial charge >= 0.3 is 0 Å². The molecule has 2 rings (SSSR count). The molecule has 0 radical (unpaired) electrons. The lowest BCUT2D eigenvalue weighted by molar-refractivity contribution is -0.357. The normalized spacial score (nSPS) is 48.0. The van der Waals surface area contributed by atoms with Crippen molar-refractivity contribution < 1.29 is 45.2 Å². The van der Waals surface area contributed by atoms with Crippen LogP contribution in [0.4, 0.5) is 0 Å². The fraction of sp³-hybridized carbons (Fsp3) is 0.895. The molecule has 1 heterocycles. The third kappa shape index (κ3) is 3.88. The molecule has 9 unspecified atom stereocenters. The Labute approximate surface area is 164 Å². The van der Waals surface area contributed by atoms with E-state index >= 15 is 0 Å². The number of ether oxygens (including phenoxy) is 2. The Kier molecular flexibility index (Phi) is 6.97. The second-order valence-electron chi connectivity index (χ2n) is 8.69. The van der Waals surface area contributed by atoms with Gasteiger partial charge in [-0.2, -0.15) is 0 Å². The number of aliphatic hydroxyl groups excluding tert-OH is 6. The van der Waals surface area contributed by atoms with Crippen LogP contribution in [0.15, 0.2) is 12.2 Å². The molecule has 1 aliphatic heterocycles. The predicted octanol–water partition coefficient (Wildman–Crippen LogP) is -1.59. The zero-order valence-electron chi connectivity index (χ0n) is 16.8. The molecule has 0 aromatic carbocycles. The van der Waals surface area contributed by atoms with E-state index in [0.717, 1.165) is 0 Å². The quantitative estimate of drug-likeness (QED) is 0.267. The van der Waals surface area contributed by atoms with Crippen molar-refractivity contribution in [2.75, 3.05) is 6.61 Å². The van der Waals surface area contributed by atoms with Crippen molar-refractivity contribution in [3.05, 3.63) is 12.2 Å². The molecule has 9 heteroatoms. The summed E-state index contributed by atoms with van der Waals surface area (Å²) in [7, 11) is 0. The summed E-state index contributed by atoms with van der Waals surface area (Å²) in [6.07, 6.45) is -5.78. The van der Waals surface area contributed by atoms with Crippen molar-refractivity contribution in [3.8, 4) is 0 Å². The van der Waals surface area contributed by atoms with Gasteiger partial charge in [-0.3, -0.25) is 0 Å². The standard InChI is InChI=1S/C19H34O9/c1-10(21)5-8-19(26)17(2,3)12(22)6-7-18(19,4)28-16-15(25)14(24)13(23)11(9-20)27-16/h5,8,10-16,20-26H,6-7,9H2,1-4H3. The van der Waals surface area contributed by atoms with Gasteiger partial charge in [0.05, 0.1) is 18.8 Å². The molecule has 0 aromatic rings. The van der Waals surface area contributed by atoms with Crippen molar-refractivity contribution in [2.45, 2.75) is 94.7 Å². The van der Waals surface area contributed by atoms with Gasteiger partial charge in [0.25, 0.3) is 0 Å². The van der Waals surface area contributed by atoms with Crippen LogP contribution in [0.2, 0.25) is 0 Å². The Balaban J connectivity index is 2.40. The molecule has 0 aromatic heterocycles. The van der Waals surface area contributed by atoms with Crippen LogP contribution in [-0.4, -0.2) is 96.5 Å². The van der Waals surface area contributed by atoms with Gasteiger partial charge < -0.3 is 45.2 Å². The highest BCUT2D eigenvalue weighted by Crippen LogP contribution is 2.52. The van der Waals surface area contributed by atoms with E-state index in [1.807, 2.05) is 0 Å². The zero-order valence-corrected chi connectivity index (χ0v) is 16.8. The first kappa shape index (κ1) is 23.7. The van der Waals surface area contributed by atoms with Gasteiger partial charge in [0.1, 0.15) is 35.6 Å². The van der Waals surface area contributed by atoms with E-state index in [0.29, 0.717) is 6.42 Å². The van der Waals surface area contributed by atoms with Gasteiger partial charge in [-0.1, -0.05) is 26.0 Å². The highest BCUT2D eigenvalue weighted by Gasteiger charge is 2.63. The van der Waals surface area contributed by atoms with E-state index in [2.05, 4.69) is 0 Å². The van der Waals surface area contributed by atoms with Crippen molar-refractivity contribution in [3.63, 3.8) is 0 Å². The smallest absolute Gasteiger partial charge is 0.187 e. The third-order valence-electron chi connectivity index (χ3n) is 6.36. The maximum atomic E-state index is 11.6. The largest absolute Gasteiger partial charge is 0.394 e. The number of aliphatic hydroxyl groups is 7. The van der Waals surface area contributed by atoms with Crippen LogP contribution in [0.5, 0.6) is 0 Å². The Morgan fingerprint density at radius 1 is 1.11 bits per heavy atom. The van der Waals surface area contributed by atoms with Crippen LogP contribution in [0.3, 0.4) is 0 Å². The molecular weight excluding hydrogens is 372 g/mol. The van der Waals surface area contributed by atoms with Crippen molar-refractivity contribution >= 4 is 0 Å². The summed E-state index contributed by atoms with van der Waals surface area (Å²) in [6, 6.07) is 0. The summed E-state index contributed by atoms with van der Waals surface area (Å²) < 4.78 is 11.4. The van der Waals surface area contributed by atoms with Crippen molar-refractivity contribution in [1.82, 2.24) is 0 Å². The van der Waals surface area contributed by atoms with E-state index in [4.69, 9.17) is 9.47 Å². The second kappa shape index (κ2) is 8.25. The van der Waals surface area contributed by atoms with E-state index in [-0.39, 0.29) is 6.42 Å². The summed E-state index contributed by atoms with van der Waals surface area (Å²) in [4.78, 5) is 0. The minimum absolute atomic E-state index is 0.188. The SMILES string of the molecule is CC(O)C=CC1(O)C(C)(OC2OC(CO)C(O)C(O)C2O)CCC(O)C1(C)C. The lowest BCUT2D eigenvalue weighted by Gasteiger charge is -2.58. The average Bonchev–Trinajstić information content (AvgIpc) is 2.63. The van der Waals surface area contributed by atoms with Gasteiger partial charge in [-0.15, -0.1) is 0 Å². The fourth-order valence-corrected chi connectivity index (χ4v) is 4.14. The molecule has 0 spiro atoms. The highest BCUT2D eigenvalue weighted by atomic mass is 16.7. The minimum atomic E-state index is -1.77. The topological polar surface area (TPSA) is 160 Å². The van der Waals surface area contributed by atoms with Gasteiger partial charge in [0.2, 0.25) is 0 Å². The Morgan fingerprint density at radius 3 is 2.25 bits per heavy atom. The number of hydrogen-bond acceptors (Lipinski definition) is 9. The molecule has 164 valence electrons.